The molecule has 1 aromatic rings. The average molecular weight is 412 g/mol. The zero-order valence-electron chi connectivity index (χ0n) is 10.9. The SMILES string of the molecule is O=C(O)c1ccc(S(=O)(=O)NCC2CSCCS2)c(Br)c1. The Bertz CT molecular complexity index is 629. The molecule has 1 heterocycles. The molecule has 1 aliphatic rings. The third-order valence-electron chi connectivity index (χ3n) is 2.85. The Morgan fingerprint density at radius 2 is 2.19 bits per heavy atom. The molecule has 0 spiro atoms. The largest absolute Gasteiger partial charge is 0.478 e. The van der Waals surface area contributed by atoms with Gasteiger partial charge in [-0.3, -0.25) is 0 Å². The van der Waals surface area contributed by atoms with Gasteiger partial charge in [0.15, 0.2) is 0 Å². The maximum atomic E-state index is 12.3. The van der Waals surface area contributed by atoms with Crippen molar-refractivity contribution in [3.8, 4) is 0 Å². The Labute approximate surface area is 140 Å². The van der Waals surface area contributed by atoms with Gasteiger partial charge >= 0.3 is 5.97 Å². The summed E-state index contributed by atoms with van der Waals surface area (Å²) in [6.07, 6.45) is 0. The topological polar surface area (TPSA) is 83.5 Å². The lowest BCUT2D eigenvalue weighted by molar-refractivity contribution is 0.0696. The average Bonchev–Trinajstić information content (AvgIpc) is 2.46. The van der Waals surface area contributed by atoms with Crippen LogP contribution in [0.15, 0.2) is 27.6 Å². The van der Waals surface area contributed by atoms with E-state index in [1.54, 1.807) is 11.8 Å². The van der Waals surface area contributed by atoms with Gasteiger partial charge in [-0.1, -0.05) is 0 Å². The van der Waals surface area contributed by atoms with Crippen LogP contribution in [0.3, 0.4) is 0 Å². The van der Waals surface area contributed by atoms with Crippen molar-refractivity contribution in [1.29, 1.82) is 0 Å². The van der Waals surface area contributed by atoms with E-state index in [2.05, 4.69) is 20.7 Å². The second-order valence-corrected chi connectivity index (χ2v) is 9.52. The molecule has 1 aliphatic heterocycles. The van der Waals surface area contributed by atoms with Crippen LogP contribution in [0.2, 0.25) is 0 Å². The summed E-state index contributed by atoms with van der Waals surface area (Å²) in [7, 11) is -3.65. The summed E-state index contributed by atoms with van der Waals surface area (Å²) in [6, 6.07) is 3.88. The standard InChI is InChI=1S/C12H14BrNO4S3/c13-10-5-8(12(15)16)1-2-11(10)21(17,18)14-6-9-7-19-3-4-20-9/h1-2,5,9,14H,3-4,6-7H2,(H,15,16). The molecule has 0 bridgehead atoms. The van der Waals surface area contributed by atoms with Gasteiger partial charge in [0.1, 0.15) is 0 Å². The first-order valence-corrected chi connectivity index (χ1v) is 10.6. The van der Waals surface area contributed by atoms with Crippen LogP contribution in [0.5, 0.6) is 0 Å². The van der Waals surface area contributed by atoms with E-state index in [-0.39, 0.29) is 20.2 Å². The summed E-state index contributed by atoms with van der Waals surface area (Å²) in [6.45, 7) is 0.382. The molecule has 5 nitrogen and oxygen atoms in total. The molecule has 0 radical (unpaired) electrons. The highest BCUT2D eigenvalue weighted by molar-refractivity contribution is 9.10. The lowest BCUT2D eigenvalue weighted by Crippen LogP contribution is -2.33. The van der Waals surface area contributed by atoms with Gasteiger partial charge in [-0.25, -0.2) is 17.9 Å². The molecule has 2 rings (SSSR count). The molecule has 1 fully saturated rings. The molecule has 1 unspecified atom stereocenters. The van der Waals surface area contributed by atoms with Crippen molar-refractivity contribution in [1.82, 2.24) is 4.72 Å². The van der Waals surface area contributed by atoms with E-state index in [1.807, 2.05) is 11.8 Å². The van der Waals surface area contributed by atoms with E-state index in [4.69, 9.17) is 5.11 Å². The lowest BCUT2D eigenvalue weighted by Gasteiger charge is -2.21. The molecule has 1 saturated heterocycles. The first-order valence-electron chi connectivity index (χ1n) is 6.12. The third-order valence-corrected chi connectivity index (χ3v) is 8.10. The maximum Gasteiger partial charge on any atom is 0.335 e. The second kappa shape index (κ2) is 7.36. The monoisotopic (exact) mass is 411 g/mol. The van der Waals surface area contributed by atoms with Gasteiger partial charge < -0.3 is 5.11 Å². The molecule has 9 heteroatoms. The van der Waals surface area contributed by atoms with Crippen LogP contribution >= 0.6 is 39.5 Å². The molecule has 0 amide bonds. The number of sulfonamides is 1. The highest BCUT2D eigenvalue weighted by Gasteiger charge is 2.22. The molecule has 116 valence electrons. The first kappa shape index (κ1) is 17.1. The Kier molecular flexibility index (Phi) is 6.01. The number of carboxylic acids is 1. The molecular weight excluding hydrogens is 398 g/mol. The minimum atomic E-state index is -3.65. The van der Waals surface area contributed by atoms with Crippen LogP contribution in [-0.4, -0.2) is 48.5 Å². The first-order chi connectivity index (χ1) is 9.90. The van der Waals surface area contributed by atoms with E-state index >= 15 is 0 Å². The summed E-state index contributed by atoms with van der Waals surface area (Å²) < 4.78 is 27.4. The number of benzene rings is 1. The van der Waals surface area contributed by atoms with Crippen LogP contribution in [0.1, 0.15) is 10.4 Å². The normalized spacial score (nSPS) is 19.4. The number of aromatic carboxylic acids is 1. The number of nitrogens with one attached hydrogen (secondary N) is 1. The zero-order chi connectivity index (χ0) is 15.5. The van der Waals surface area contributed by atoms with Gasteiger partial charge in [0.25, 0.3) is 0 Å². The smallest absolute Gasteiger partial charge is 0.335 e. The predicted octanol–water partition coefficient (Wildman–Crippen LogP) is 2.27. The molecule has 0 aromatic heterocycles. The fourth-order valence-corrected chi connectivity index (χ4v) is 6.66. The minimum absolute atomic E-state index is 0.0417. The van der Waals surface area contributed by atoms with Crippen LogP contribution in [0.4, 0.5) is 0 Å². The van der Waals surface area contributed by atoms with E-state index in [9.17, 15) is 13.2 Å². The molecule has 21 heavy (non-hydrogen) atoms. The van der Waals surface area contributed by atoms with E-state index in [0.717, 1.165) is 17.3 Å². The summed E-state index contributed by atoms with van der Waals surface area (Å²) in [4.78, 5) is 10.9. The van der Waals surface area contributed by atoms with Crippen molar-refractivity contribution in [2.75, 3.05) is 23.8 Å². The molecule has 1 aromatic carbocycles. The van der Waals surface area contributed by atoms with E-state index < -0.39 is 16.0 Å². The molecule has 0 saturated carbocycles. The zero-order valence-corrected chi connectivity index (χ0v) is 14.9. The fraction of sp³-hybridized carbons (Fsp3) is 0.417. The number of hydrogen-bond acceptors (Lipinski definition) is 5. The highest BCUT2D eigenvalue weighted by Crippen LogP contribution is 2.26. The number of hydrogen-bond donors (Lipinski definition) is 2. The Morgan fingerprint density at radius 3 is 2.76 bits per heavy atom. The summed E-state index contributed by atoms with van der Waals surface area (Å²) >= 11 is 6.73. The molecule has 0 aliphatic carbocycles. The number of thioether (sulfide) groups is 2. The fourth-order valence-electron chi connectivity index (χ4n) is 1.79. The van der Waals surface area contributed by atoms with Gasteiger partial charge in [-0.2, -0.15) is 23.5 Å². The van der Waals surface area contributed by atoms with Crippen molar-refractivity contribution in [3.63, 3.8) is 0 Å². The van der Waals surface area contributed by atoms with Crippen LogP contribution in [0.25, 0.3) is 0 Å². The van der Waals surface area contributed by atoms with E-state index in [0.29, 0.717) is 6.54 Å². The minimum Gasteiger partial charge on any atom is -0.478 e. The molecule has 1 atom stereocenters. The second-order valence-electron chi connectivity index (χ2n) is 4.37. The van der Waals surface area contributed by atoms with Crippen LogP contribution in [0, 0.1) is 0 Å². The Hall–Kier alpha value is -0.220. The van der Waals surface area contributed by atoms with Gasteiger partial charge in [-0.15, -0.1) is 0 Å². The van der Waals surface area contributed by atoms with Gasteiger partial charge in [-0.05, 0) is 34.1 Å². The third kappa shape index (κ3) is 4.62. The van der Waals surface area contributed by atoms with Crippen molar-refractivity contribution in [2.45, 2.75) is 10.1 Å². The summed E-state index contributed by atoms with van der Waals surface area (Å²) in [5, 5.41) is 9.16. The number of carbonyl (C=O) groups is 1. The number of rotatable bonds is 5. The van der Waals surface area contributed by atoms with Gasteiger partial charge in [0, 0.05) is 33.5 Å². The van der Waals surface area contributed by atoms with Crippen LogP contribution in [-0.2, 0) is 10.0 Å². The van der Waals surface area contributed by atoms with Gasteiger partial charge in [0.2, 0.25) is 10.0 Å². The predicted molar refractivity (Wildman–Crippen MR) is 89.9 cm³/mol. The number of halogens is 1. The molecule has 2 N–H and O–H groups in total. The van der Waals surface area contributed by atoms with Crippen molar-refractivity contribution < 1.29 is 18.3 Å². The van der Waals surface area contributed by atoms with Crippen molar-refractivity contribution >= 4 is 55.4 Å². The van der Waals surface area contributed by atoms with Crippen molar-refractivity contribution in [2.24, 2.45) is 0 Å². The van der Waals surface area contributed by atoms with Crippen LogP contribution < -0.4 is 4.72 Å². The highest BCUT2D eigenvalue weighted by atomic mass is 79.9. The Morgan fingerprint density at radius 1 is 1.43 bits per heavy atom. The molecular formula is C12H14BrNO4S3. The maximum absolute atomic E-state index is 12.3. The Balaban J connectivity index is 2.10. The van der Waals surface area contributed by atoms with E-state index in [1.165, 1.54) is 18.2 Å². The van der Waals surface area contributed by atoms with Gasteiger partial charge in [0.05, 0.1) is 10.5 Å². The summed E-state index contributed by atoms with van der Waals surface area (Å²) in [5.74, 6) is 1.99. The lowest BCUT2D eigenvalue weighted by atomic mass is 10.2. The quantitative estimate of drug-likeness (QED) is 0.772. The number of carboxylic acid groups (broad SMARTS) is 1. The summed E-state index contributed by atoms with van der Waals surface area (Å²) in [5.41, 5.74) is 0.0417. The van der Waals surface area contributed by atoms with Crippen molar-refractivity contribution in [3.05, 3.63) is 28.2 Å².